The molecular formula is C13H9NO6. The molecule has 0 saturated carbocycles. The molecule has 0 unspecified atom stereocenters. The smallest absolute Gasteiger partial charge is 0.449 e. The molecule has 2 N–H and O–H groups in total. The third-order valence-corrected chi connectivity index (χ3v) is 2.30. The molecule has 1 aromatic carbocycles. The van der Waals surface area contributed by atoms with Gasteiger partial charge in [0.25, 0.3) is 0 Å². The van der Waals surface area contributed by atoms with Crippen molar-refractivity contribution in [3.63, 3.8) is 0 Å². The van der Waals surface area contributed by atoms with Crippen LogP contribution >= 0.6 is 0 Å². The molecule has 0 aliphatic rings. The first-order chi connectivity index (χ1) is 9.56. The van der Waals surface area contributed by atoms with Crippen LogP contribution in [0, 0.1) is 0 Å². The molecule has 102 valence electrons. The zero-order valence-electron chi connectivity index (χ0n) is 10.0. The summed E-state index contributed by atoms with van der Waals surface area (Å²) in [7, 11) is 0. The molecule has 2 aromatic rings. The van der Waals surface area contributed by atoms with E-state index in [4.69, 9.17) is 10.2 Å². The number of carbonyl (C=O) groups is 2. The van der Waals surface area contributed by atoms with E-state index < -0.39 is 12.3 Å². The van der Waals surface area contributed by atoms with Crippen LogP contribution in [0.25, 0.3) is 11.3 Å². The van der Waals surface area contributed by atoms with E-state index in [1.54, 1.807) is 24.3 Å². The van der Waals surface area contributed by atoms with E-state index in [9.17, 15) is 9.59 Å². The highest BCUT2D eigenvalue weighted by Crippen LogP contribution is 2.31. The van der Waals surface area contributed by atoms with Crippen LogP contribution in [0.2, 0.25) is 0 Å². The molecule has 1 aromatic heterocycles. The van der Waals surface area contributed by atoms with Gasteiger partial charge in [-0.05, 0) is 0 Å². The van der Waals surface area contributed by atoms with Gasteiger partial charge in [-0.1, -0.05) is 30.3 Å². The minimum Gasteiger partial charge on any atom is -0.449 e. The Labute approximate surface area is 113 Å². The second kappa shape index (κ2) is 5.70. The monoisotopic (exact) mass is 275 g/mol. The summed E-state index contributed by atoms with van der Waals surface area (Å²) >= 11 is 0. The van der Waals surface area contributed by atoms with E-state index in [0.717, 1.165) is 11.8 Å². The van der Waals surface area contributed by atoms with Crippen molar-refractivity contribution < 1.29 is 29.3 Å². The van der Waals surface area contributed by atoms with E-state index in [1.165, 1.54) is 6.07 Å². The van der Waals surface area contributed by atoms with E-state index in [0.29, 0.717) is 5.69 Å². The Kier molecular flexibility index (Phi) is 3.80. The van der Waals surface area contributed by atoms with Gasteiger partial charge in [0.2, 0.25) is 0 Å². The van der Waals surface area contributed by atoms with Gasteiger partial charge in [0, 0.05) is 11.6 Å². The first-order valence-electron chi connectivity index (χ1n) is 5.43. The maximum Gasteiger partial charge on any atom is 0.511 e. The van der Waals surface area contributed by atoms with Crippen LogP contribution in [-0.4, -0.2) is 27.5 Å². The number of nitrogens with zero attached hydrogens (tertiary/aromatic N) is 1. The first-order valence-corrected chi connectivity index (χ1v) is 5.43. The second-order valence-electron chi connectivity index (χ2n) is 3.62. The number of rotatable bonds is 3. The maximum absolute atomic E-state index is 10.6. The lowest BCUT2D eigenvalue weighted by Crippen LogP contribution is -2.09. The third-order valence-electron chi connectivity index (χ3n) is 2.30. The summed E-state index contributed by atoms with van der Waals surface area (Å²) < 4.78 is 8.90. The summed E-state index contributed by atoms with van der Waals surface area (Å²) in [6.07, 6.45) is -2.07. The van der Waals surface area contributed by atoms with Gasteiger partial charge in [-0.2, -0.15) is 0 Å². The first kappa shape index (κ1) is 13.3. The Bertz CT molecular complexity index is 641. The molecule has 0 aliphatic heterocycles. The molecule has 7 heteroatoms. The largest absolute Gasteiger partial charge is 0.511 e. The lowest BCUT2D eigenvalue weighted by molar-refractivity contribution is 0.132. The minimum absolute atomic E-state index is 0.242. The van der Waals surface area contributed by atoms with Crippen LogP contribution in [0.4, 0.5) is 9.59 Å². The van der Waals surface area contributed by atoms with Crippen molar-refractivity contribution in [1.29, 1.82) is 0 Å². The fourth-order valence-electron chi connectivity index (χ4n) is 1.54. The van der Waals surface area contributed by atoms with Crippen LogP contribution in [0.5, 0.6) is 11.5 Å². The number of carboxylic acid groups (broad SMARTS) is 2. The SMILES string of the molecule is O=C(O)Oc1cnc(-c2ccccc2)cc1OC(=O)O. The van der Waals surface area contributed by atoms with Crippen LogP contribution in [0.15, 0.2) is 42.6 Å². The molecule has 2 rings (SSSR count). The molecular weight excluding hydrogens is 266 g/mol. The Balaban J connectivity index is 2.42. The molecule has 7 nitrogen and oxygen atoms in total. The highest BCUT2D eigenvalue weighted by molar-refractivity contribution is 5.69. The topological polar surface area (TPSA) is 106 Å². The van der Waals surface area contributed by atoms with Crippen LogP contribution in [0.1, 0.15) is 0 Å². The van der Waals surface area contributed by atoms with Crippen LogP contribution < -0.4 is 9.47 Å². The summed E-state index contributed by atoms with van der Waals surface area (Å²) in [5, 5.41) is 17.2. The van der Waals surface area contributed by atoms with Crippen molar-refractivity contribution in [2.24, 2.45) is 0 Å². The molecule has 0 radical (unpaired) electrons. The number of benzene rings is 1. The number of hydrogen-bond donors (Lipinski definition) is 2. The molecule has 1 heterocycles. The number of ether oxygens (including phenoxy) is 2. The Morgan fingerprint density at radius 3 is 2.15 bits per heavy atom. The zero-order chi connectivity index (χ0) is 14.5. The highest BCUT2D eigenvalue weighted by atomic mass is 16.7. The van der Waals surface area contributed by atoms with Gasteiger partial charge in [0.15, 0.2) is 11.5 Å². The maximum atomic E-state index is 10.6. The molecule has 0 saturated heterocycles. The van der Waals surface area contributed by atoms with E-state index in [2.05, 4.69) is 14.5 Å². The molecule has 0 atom stereocenters. The summed E-state index contributed by atoms with van der Waals surface area (Å²) in [4.78, 5) is 25.1. The Morgan fingerprint density at radius 2 is 1.55 bits per heavy atom. The lowest BCUT2D eigenvalue weighted by Gasteiger charge is -2.08. The molecule has 0 amide bonds. The summed E-state index contributed by atoms with van der Waals surface area (Å²) in [6.45, 7) is 0. The normalized spacial score (nSPS) is 9.80. The van der Waals surface area contributed by atoms with Gasteiger partial charge in [-0.15, -0.1) is 0 Å². The number of hydrogen-bond acceptors (Lipinski definition) is 5. The number of pyridine rings is 1. The molecule has 0 fully saturated rings. The Hall–Kier alpha value is -3.09. The van der Waals surface area contributed by atoms with Crippen molar-refractivity contribution in [2.45, 2.75) is 0 Å². The quantitative estimate of drug-likeness (QED) is 0.829. The summed E-state index contributed by atoms with van der Waals surface area (Å²) in [6, 6.07) is 10.2. The Morgan fingerprint density at radius 1 is 0.950 bits per heavy atom. The highest BCUT2D eigenvalue weighted by Gasteiger charge is 2.15. The van der Waals surface area contributed by atoms with Gasteiger partial charge in [-0.3, -0.25) is 4.98 Å². The zero-order valence-corrected chi connectivity index (χ0v) is 10.0. The van der Waals surface area contributed by atoms with Gasteiger partial charge in [-0.25, -0.2) is 9.59 Å². The van der Waals surface area contributed by atoms with Gasteiger partial charge < -0.3 is 19.7 Å². The van der Waals surface area contributed by atoms with Crippen molar-refractivity contribution in [3.05, 3.63) is 42.6 Å². The second-order valence-corrected chi connectivity index (χ2v) is 3.62. The average Bonchev–Trinajstić information content (AvgIpc) is 2.40. The van der Waals surface area contributed by atoms with Crippen LogP contribution in [-0.2, 0) is 0 Å². The van der Waals surface area contributed by atoms with Crippen molar-refractivity contribution >= 4 is 12.3 Å². The fourth-order valence-corrected chi connectivity index (χ4v) is 1.54. The van der Waals surface area contributed by atoms with Crippen molar-refractivity contribution in [3.8, 4) is 22.8 Å². The predicted molar refractivity (Wildman–Crippen MR) is 67.0 cm³/mol. The lowest BCUT2D eigenvalue weighted by atomic mass is 10.1. The fraction of sp³-hybridized carbons (Fsp3) is 0. The third kappa shape index (κ3) is 3.22. The van der Waals surface area contributed by atoms with Gasteiger partial charge in [0.05, 0.1) is 11.9 Å². The van der Waals surface area contributed by atoms with E-state index in [-0.39, 0.29) is 11.5 Å². The molecule has 0 spiro atoms. The molecule has 0 aliphatic carbocycles. The van der Waals surface area contributed by atoms with Gasteiger partial charge in [0.1, 0.15) is 0 Å². The minimum atomic E-state index is -1.59. The van der Waals surface area contributed by atoms with Crippen molar-refractivity contribution in [2.75, 3.05) is 0 Å². The summed E-state index contributed by atoms with van der Waals surface area (Å²) in [5.41, 5.74) is 1.16. The van der Waals surface area contributed by atoms with Crippen LogP contribution in [0.3, 0.4) is 0 Å². The predicted octanol–water partition coefficient (Wildman–Crippen LogP) is 2.86. The van der Waals surface area contributed by atoms with Crippen molar-refractivity contribution in [1.82, 2.24) is 4.98 Å². The molecule has 0 bridgehead atoms. The standard InChI is InChI=1S/C13H9NO6/c15-12(16)19-10-6-9(8-4-2-1-3-5-8)14-7-11(10)20-13(17)18/h1-7H,(H,15,16)(H,17,18). The van der Waals surface area contributed by atoms with Gasteiger partial charge >= 0.3 is 12.3 Å². The average molecular weight is 275 g/mol. The van der Waals surface area contributed by atoms with E-state index in [1.807, 2.05) is 6.07 Å². The number of aromatic nitrogens is 1. The summed E-state index contributed by atoms with van der Waals surface area (Å²) in [5.74, 6) is -0.534. The van der Waals surface area contributed by atoms with E-state index >= 15 is 0 Å². The molecule has 20 heavy (non-hydrogen) atoms.